The van der Waals surface area contributed by atoms with Crippen LogP contribution >= 0.6 is 0 Å². The van der Waals surface area contributed by atoms with Crippen LogP contribution in [0, 0.1) is 0 Å². The van der Waals surface area contributed by atoms with Crippen molar-refractivity contribution in [2.75, 3.05) is 20.3 Å². The van der Waals surface area contributed by atoms with Gasteiger partial charge in [-0.2, -0.15) is 0 Å². The van der Waals surface area contributed by atoms with Crippen LogP contribution in [0.1, 0.15) is 5.56 Å². The van der Waals surface area contributed by atoms with Gasteiger partial charge >= 0.3 is 0 Å². The Morgan fingerprint density at radius 3 is 2.50 bits per heavy atom. The van der Waals surface area contributed by atoms with Gasteiger partial charge in [-0.05, 0) is 24.3 Å². The quantitative estimate of drug-likeness (QED) is 0.522. The zero-order valence-electron chi connectivity index (χ0n) is 9.44. The lowest BCUT2D eigenvalue weighted by Crippen LogP contribution is -2.00. The van der Waals surface area contributed by atoms with Crippen LogP contribution in [0.5, 0.6) is 5.75 Å². The molecule has 0 spiro atoms. The Morgan fingerprint density at radius 2 is 1.94 bits per heavy atom. The van der Waals surface area contributed by atoms with Crippen LogP contribution < -0.4 is 4.74 Å². The van der Waals surface area contributed by atoms with E-state index in [-0.39, 0.29) is 0 Å². The summed E-state index contributed by atoms with van der Waals surface area (Å²) < 4.78 is 15.4. The van der Waals surface area contributed by atoms with Crippen LogP contribution in [0.15, 0.2) is 43.7 Å². The summed E-state index contributed by atoms with van der Waals surface area (Å²) in [4.78, 5) is 0. The minimum absolute atomic E-state index is 0.455. The average Bonchev–Trinajstić information content (AvgIpc) is 2.34. The molecule has 1 aromatic rings. The van der Waals surface area contributed by atoms with Crippen LogP contribution in [-0.2, 0) is 9.47 Å². The highest BCUT2D eigenvalue weighted by molar-refractivity contribution is 5.58. The van der Waals surface area contributed by atoms with Gasteiger partial charge in [0.25, 0.3) is 0 Å². The van der Waals surface area contributed by atoms with E-state index in [2.05, 4.69) is 13.2 Å². The molecule has 0 aliphatic rings. The van der Waals surface area contributed by atoms with Crippen molar-refractivity contribution in [3.63, 3.8) is 0 Å². The summed E-state index contributed by atoms with van der Waals surface area (Å²) in [6.45, 7) is 8.20. The molecular formula is C13H16O3. The van der Waals surface area contributed by atoms with Crippen molar-refractivity contribution in [3.05, 3.63) is 49.2 Å². The molecule has 0 aliphatic carbocycles. The fourth-order valence-corrected chi connectivity index (χ4v) is 1.16. The minimum Gasteiger partial charge on any atom is -0.498 e. The Hall–Kier alpha value is -1.90. The molecule has 0 N–H and O–H groups in total. The van der Waals surface area contributed by atoms with E-state index in [1.165, 1.54) is 6.26 Å². The largest absolute Gasteiger partial charge is 0.498 e. The van der Waals surface area contributed by atoms with E-state index < -0.39 is 0 Å². The molecule has 1 aromatic carbocycles. The number of methoxy groups -OCH3 is 1. The molecule has 0 fully saturated rings. The number of ether oxygens (including phenoxy) is 3. The molecule has 0 aromatic heterocycles. The lowest BCUT2D eigenvalue weighted by molar-refractivity contribution is 0.163. The lowest BCUT2D eigenvalue weighted by Gasteiger charge is -2.09. The highest BCUT2D eigenvalue weighted by atomic mass is 16.5. The molecule has 3 heteroatoms. The summed E-state index contributed by atoms with van der Waals surface area (Å²) in [6, 6.07) is 7.53. The molecule has 1 rings (SSSR count). The molecule has 0 amide bonds. The van der Waals surface area contributed by atoms with Gasteiger partial charge < -0.3 is 14.2 Å². The molecule has 0 aliphatic heterocycles. The van der Waals surface area contributed by atoms with Crippen molar-refractivity contribution in [1.82, 2.24) is 0 Å². The third-order valence-corrected chi connectivity index (χ3v) is 2.01. The molecule has 0 saturated heterocycles. The first-order valence-corrected chi connectivity index (χ1v) is 4.96. The molecule has 0 atom stereocenters. The Balaban J connectivity index is 2.43. The van der Waals surface area contributed by atoms with Gasteiger partial charge in [0, 0.05) is 5.56 Å². The van der Waals surface area contributed by atoms with Crippen molar-refractivity contribution >= 4 is 5.76 Å². The molecule has 0 radical (unpaired) electrons. The van der Waals surface area contributed by atoms with Crippen LogP contribution in [0.3, 0.4) is 0 Å². The molecule has 0 heterocycles. The van der Waals surface area contributed by atoms with Gasteiger partial charge in [0.2, 0.25) is 0 Å². The second kappa shape index (κ2) is 6.56. The fourth-order valence-electron chi connectivity index (χ4n) is 1.16. The zero-order valence-corrected chi connectivity index (χ0v) is 9.44. The topological polar surface area (TPSA) is 27.7 Å². The summed E-state index contributed by atoms with van der Waals surface area (Å²) in [7, 11) is 1.63. The molecule has 16 heavy (non-hydrogen) atoms. The minimum atomic E-state index is 0.455. The third kappa shape index (κ3) is 3.69. The zero-order chi connectivity index (χ0) is 11.8. The van der Waals surface area contributed by atoms with Gasteiger partial charge in [0.05, 0.1) is 13.4 Å². The summed E-state index contributed by atoms with van der Waals surface area (Å²) in [5.74, 6) is 1.43. The Bertz CT molecular complexity index is 341. The Labute approximate surface area is 95.9 Å². The van der Waals surface area contributed by atoms with Crippen LogP contribution in [-0.4, -0.2) is 20.3 Å². The van der Waals surface area contributed by atoms with Gasteiger partial charge in [-0.15, -0.1) is 0 Å². The maximum atomic E-state index is 5.40. The first kappa shape index (κ1) is 12.2. The number of hydrogen-bond acceptors (Lipinski definition) is 3. The smallest absolute Gasteiger partial charge is 0.122 e. The molecule has 3 nitrogen and oxygen atoms in total. The standard InChI is InChI=1S/C13H16O3/c1-4-15-9-10-16-11(2)12-5-7-13(14-3)8-6-12/h4-8H,1-2,9-10H2,3H3. The van der Waals surface area contributed by atoms with Gasteiger partial charge in [0.1, 0.15) is 24.7 Å². The van der Waals surface area contributed by atoms with Gasteiger partial charge in [-0.1, -0.05) is 13.2 Å². The average molecular weight is 220 g/mol. The van der Waals surface area contributed by atoms with Crippen molar-refractivity contribution in [2.45, 2.75) is 0 Å². The predicted molar refractivity (Wildman–Crippen MR) is 64.1 cm³/mol. The van der Waals surface area contributed by atoms with Gasteiger partial charge in [-0.25, -0.2) is 0 Å². The molecule has 0 bridgehead atoms. The normalized spacial score (nSPS) is 9.31. The second-order valence-corrected chi connectivity index (χ2v) is 3.04. The first-order chi connectivity index (χ1) is 7.77. The van der Waals surface area contributed by atoms with E-state index >= 15 is 0 Å². The van der Waals surface area contributed by atoms with E-state index in [9.17, 15) is 0 Å². The molecule has 0 saturated carbocycles. The summed E-state index contributed by atoms with van der Waals surface area (Å²) >= 11 is 0. The predicted octanol–water partition coefficient (Wildman–Crippen LogP) is 2.84. The highest BCUT2D eigenvalue weighted by Gasteiger charge is 2.00. The summed E-state index contributed by atoms with van der Waals surface area (Å²) in [6.07, 6.45) is 1.39. The Morgan fingerprint density at radius 1 is 1.25 bits per heavy atom. The van der Waals surface area contributed by atoms with Crippen LogP contribution in [0.4, 0.5) is 0 Å². The number of hydrogen-bond donors (Lipinski definition) is 0. The monoisotopic (exact) mass is 220 g/mol. The first-order valence-electron chi connectivity index (χ1n) is 4.96. The number of rotatable bonds is 7. The lowest BCUT2D eigenvalue weighted by atomic mass is 10.2. The fraction of sp³-hybridized carbons (Fsp3) is 0.231. The molecular weight excluding hydrogens is 204 g/mol. The molecule has 86 valence electrons. The van der Waals surface area contributed by atoms with Crippen molar-refractivity contribution in [2.24, 2.45) is 0 Å². The van der Waals surface area contributed by atoms with E-state index in [1.54, 1.807) is 7.11 Å². The van der Waals surface area contributed by atoms with Crippen molar-refractivity contribution in [1.29, 1.82) is 0 Å². The van der Waals surface area contributed by atoms with E-state index in [0.717, 1.165) is 11.3 Å². The Kier molecular flexibility index (Phi) is 4.99. The van der Waals surface area contributed by atoms with Crippen molar-refractivity contribution < 1.29 is 14.2 Å². The van der Waals surface area contributed by atoms with Gasteiger partial charge in [-0.3, -0.25) is 0 Å². The van der Waals surface area contributed by atoms with Crippen LogP contribution in [0.25, 0.3) is 5.76 Å². The highest BCUT2D eigenvalue weighted by Crippen LogP contribution is 2.17. The van der Waals surface area contributed by atoms with Gasteiger partial charge in [0.15, 0.2) is 0 Å². The maximum Gasteiger partial charge on any atom is 0.122 e. The summed E-state index contributed by atoms with van der Waals surface area (Å²) in [5.41, 5.74) is 0.930. The SMILES string of the molecule is C=COCCOC(=C)c1ccc(OC)cc1. The van der Waals surface area contributed by atoms with E-state index in [1.807, 2.05) is 24.3 Å². The maximum absolute atomic E-state index is 5.40. The second-order valence-electron chi connectivity index (χ2n) is 3.04. The summed E-state index contributed by atoms with van der Waals surface area (Å²) in [5, 5.41) is 0. The molecule has 0 unspecified atom stereocenters. The third-order valence-electron chi connectivity index (χ3n) is 2.01. The van der Waals surface area contributed by atoms with E-state index in [4.69, 9.17) is 14.2 Å². The van der Waals surface area contributed by atoms with Crippen LogP contribution in [0.2, 0.25) is 0 Å². The van der Waals surface area contributed by atoms with Crippen molar-refractivity contribution in [3.8, 4) is 5.75 Å². The van der Waals surface area contributed by atoms with E-state index in [0.29, 0.717) is 19.0 Å². The number of benzene rings is 1.